The number of benzene rings is 2. The maximum absolute atomic E-state index is 12.8. The molecule has 1 heterocycles. The van der Waals surface area contributed by atoms with Crippen LogP contribution in [0.25, 0.3) is 0 Å². The number of alkyl halides is 1. The molecule has 1 saturated heterocycles. The van der Waals surface area contributed by atoms with Gasteiger partial charge in [0.15, 0.2) is 0 Å². The van der Waals surface area contributed by atoms with Crippen LogP contribution in [0.4, 0.5) is 0 Å². The maximum Gasteiger partial charge on any atom is 0.234 e. The van der Waals surface area contributed by atoms with Crippen molar-refractivity contribution in [1.29, 1.82) is 0 Å². The summed E-state index contributed by atoms with van der Waals surface area (Å²) in [4.78, 5) is 27.3. The van der Waals surface area contributed by atoms with Crippen molar-refractivity contribution in [3.05, 3.63) is 71.8 Å². The summed E-state index contributed by atoms with van der Waals surface area (Å²) in [6.07, 6.45) is 0.368. The van der Waals surface area contributed by atoms with Gasteiger partial charge in [0.05, 0.1) is 17.4 Å². The Morgan fingerprint density at radius 1 is 1.04 bits per heavy atom. The Kier molecular flexibility index (Phi) is 5.14. The minimum atomic E-state index is -0.234. The van der Waals surface area contributed by atoms with Crippen LogP contribution in [0.2, 0.25) is 0 Å². The molecular formula is C20H20BrNO2. The van der Waals surface area contributed by atoms with E-state index in [-0.39, 0.29) is 35.0 Å². The molecule has 0 saturated carbocycles. The third-order valence-corrected chi connectivity index (χ3v) is 5.22. The van der Waals surface area contributed by atoms with Gasteiger partial charge in [-0.25, -0.2) is 0 Å². The molecular weight excluding hydrogens is 366 g/mol. The minimum absolute atomic E-state index is 0.0112. The minimum Gasteiger partial charge on any atom is -0.327 e. The lowest BCUT2D eigenvalue weighted by molar-refractivity contribution is -0.144. The molecule has 0 radical (unpaired) electrons. The Balaban J connectivity index is 2.09. The number of rotatable bonds is 3. The molecule has 124 valence electrons. The SMILES string of the molecule is CC1C(=O)CC(c2ccccc2)N(C(=O)CBr)C1c1ccccc1. The van der Waals surface area contributed by atoms with Crippen LogP contribution in [0, 0.1) is 5.92 Å². The fraction of sp³-hybridized carbons (Fsp3) is 0.300. The van der Waals surface area contributed by atoms with Crippen LogP contribution in [0.5, 0.6) is 0 Å². The van der Waals surface area contributed by atoms with E-state index in [0.717, 1.165) is 11.1 Å². The summed E-state index contributed by atoms with van der Waals surface area (Å²) in [5.41, 5.74) is 2.02. The number of halogens is 1. The van der Waals surface area contributed by atoms with E-state index in [0.29, 0.717) is 6.42 Å². The second-order valence-electron chi connectivity index (χ2n) is 6.18. The van der Waals surface area contributed by atoms with Gasteiger partial charge in [-0.15, -0.1) is 0 Å². The summed E-state index contributed by atoms with van der Waals surface area (Å²) in [7, 11) is 0. The summed E-state index contributed by atoms with van der Waals surface area (Å²) >= 11 is 3.31. The molecule has 1 aliphatic heterocycles. The molecule has 2 aromatic carbocycles. The first-order chi connectivity index (χ1) is 11.6. The Labute approximate surface area is 150 Å². The van der Waals surface area contributed by atoms with Gasteiger partial charge in [0.25, 0.3) is 0 Å². The summed E-state index contributed by atoms with van der Waals surface area (Å²) in [5, 5.41) is 0.251. The van der Waals surface area contributed by atoms with Crippen LogP contribution < -0.4 is 0 Å². The standard InChI is InChI=1S/C20H20BrNO2/c1-14-18(23)12-17(15-8-4-2-5-9-15)22(19(24)13-21)20(14)16-10-6-3-7-11-16/h2-11,14,17,20H,12-13H2,1H3. The van der Waals surface area contributed by atoms with Crippen molar-refractivity contribution >= 4 is 27.6 Å². The maximum atomic E-state index is 12.8. The Hall–Kier alpha value is -1.94. The van der Waals surface area contributed by atoms with E-state index in [2.05, 4.69) is 15.9 Å². The van der Waals surface area contributed by atoms with Crippen molar-refractivity contribution in [3.8, 4) is 0 Å². The zero-order valence-electron chi connectivity index (χ0n) is 13.6. The Morgan fingerprint density at radius 3 is 2.12 bits per heavy atom. The van der Waals surface area contributed by atoms with Crippen molar-refractivity contribution in [1.82, 2.24) is 4.90 Å². The molecule has 0 aromatic heterocycles. The van der Waals surface area contributed by atoms with Crippen molar-refractivity contribution in [2.45, 2.75) is 25.4 Å². The highest BCUT2D eigenvalue weighted by atomic mass is 79.9. The van der Waals surface area contributed by atoms with E-state index >= 15 is 0 Å². The number of Topliss-reactive ketones (excluding diaryl/α,β-unsaturated/α-hetero) is 1. The van der Waals surface area contributed by atoms with Crippen molar-refractivity contribution in [2.75, 3.05) is 5.33 Å². The highest BCUT2D eigenvalue weighted by molar-refractivity contribution is 9.09. The van der Waals surface area contributed by atoms with Crippen molar-refractivity contribution < 1.29 is 9.59 Å². The van der Waals surface area contributed by atoms with Gasteiger partial charge in [-0.2, -0.15) is 0 Å². The fourth-order valence-corrected chi connectivity index (χ4v) is 3.83. The normalized spacial score (nSPS) is 24.0. The topological polar surface area (TPSA) is 37.4 Å². The molecule has 0 spiro atoms. The number of hydrogen-bond acceptors (Lipinski definition) is 2. The molecule has 3 atom stereocenters. The zero-order chi connectivity index (χ0) is 17.1. The molecule has 1 fully saturated rings. The average Bonchev–Trinajstić information content (AvgIpc) is 2.64. The molecule has 0 bridgehead atoms. The average molecular weight is 386 g/mol. The number of hydrogen-bond donors (Lipinski definition) is 0. The molecule has 24 heavy (non-hydrogen) atoms. The Bertz CT molecular complexity index is 717. The quantitative estimate of drug-likeness (QED) is 0.738. The summed E-state index contributed by atoms with van der Waals surface area (Å²) in [6.45, 7) is 1.93. The van der Waals surface area contributed by atoms with Crippen LogP contribution in [0.1, 0.15) is 36.6 Å². The summed E-state index contributed by atoms with van der Waals surface area (Å²) < 4.78 is 0. The van der Waals surface area contributed by atoms with E-state index in [9.17, 15) is 9.59 Å². The lowest BCUT2D eigenvalue weighted by atomic mass is 9.80. The fourth-order valence-electron chi connectivity index (χ4n) is 3.54. The number of likely N-dealkylation sites (tertiary alicyclic amines) is 1. The van der Waals surface area contributed by atoms with Crippen LogP contribution in [-0.4, -0.2) is 21.9 Å². The predicted molar refractivity (Wildman–Crippen MR) is 97.8 cm³/mol. The number of carbonyl (C=O) groups is 2. The smallest absolute Gasteiger partial charge is 0.234 e. The van der Waals surface area contributed by atoms with Crippen LogP contribution in [0.3, 0.4) is 0 Å². The molecule has 0 aliphatic carbocycles. The van der Waals surface area contributed by atoms with Gasteiger partial charge in [-0.1, -0.05) is 83.5 Å². The van der Waals surface area contributed by atoms with E-state index in [1.807, 2.05) is 72.5 Å². The molecule has 3 nitrogen and oxygen atoms in total. The van der Waals surface area contributed by atoms with Gasteiger partial charge in [0.2, 0.25) is 5.91 Å². The second kappa shape index (κ2) is 7.31. The molecule has 3 rings (SSSR count). The summed E-state index contributed by atoms with van der Waals surface area (Å²) in [5.74, 6) is 0.00347. The van der Waals surface area contributed by atoms with Gasteiger partial charge < -0.3 is 4.90 Å². The molecule has 2 aromatic rings. The van der Waals surface area contributed by atoms with Crippen molar-refractivity contribution in [3.63, 3.8) is 0 Å². The number of carbonyl (C=O) groups excluding carboxylic acids is 2. The van der Waals surface area contributed by atoms with E-state index in [1.54, 1.807) is 0 Å². The second-order valence-corrected chi connectivity index (χ2v) is 6.74. The summed E-state index contributed by atoms with van der Waals surface area (Å²) in [6, 6.07) is 19.2. The third-order valence-electron chi connectivity index (χ3n) is 4.74. The van der Waals surface area contributed by atoms with Gasteiger partial charge in [0.1, 0.15) is 5.78 Å². The van der Waals surface area contributed by atoms with Crippen LogP contribution in [-0.2, 0) is 9.59 Å². The van der Waals surface area contributed by atoms with E-state index in [1.165, 1.54) is 0 Å². The van der Waals surface area contributed by atoms with Gasteiger partial charge in [-0.05, 0) is 11.1 Å². The highest BCUT2D eigenvalue weighted by Gasteiger charge is 2.43. The molecule has 4 heteroatoms. The van der Waals surface area contributed by atoms with Gasteiger partial charge in [0, 0.05) is 12.3 Å². The third kappa shape index (κ3) is 3.16. The lowest BCUT2D eigenvalue weighted by Crippen LogP contribution is -2.48. The van der Waals surface area contributed by atoms with E-state index < -0.39 is 0 Å². The van der Waals surface area contributed by atoms with Crippen LogP contribution in [0.15, 0.2) is 60.7 Å². The predicted octanol–water partition coefficient (Wildman–Crippen LogP) is 4.30. The number of piperidine rings is 1. The first kappa shape index (κ1) is 16.9. The van der Waals surface area contributed by atoms with Crippen LogP contribution >= 0.6 is 15.9 Å². The molecule has 0 N–H and O–H groups in total. The largest absolute Gasteiger partial charge is 0.327 e. The van der Waals surface area contributed by atoms with E-state index in [4.69, 9.17) is 0 Å². The molecule has 1 aliphatic rings. The first-order valence-electron chi connectivity index (χ1n) is 8.13. The first-order valence-corrected chi connectivity index (χ1v) is 9.25. The van der Waals surface area contributed by atoms with Gasteiger partial charge in [-0.3, -0.25) is 9.59 Å². The molecule has 3 unspecified atom stereocenters. The lowest BCUT2D eigenvalue weighted by Gasteiger charge is -2.45. The number of nitrogens with zero attached hydrogens (tertiary/aromatic N) is 1. The number of ketones is 1. The molecule has 1 amide bonds. The zero-order valence-corrected chi connectivity index (χ0v) is 15.1. The number of amides is 1. The van der Waals surface area contributed by atoms with Gasteiger partial charge >= 0.3 is 0 Å². The van der Waals surface area contributed by atoms with Crippen molar-refractivity contribution in [2.24, 2.45) is 5.92 Å². The highest BCUT2D eigenvalue weighted by Crippen LogP contribution is 2.43. The monoisotopic (exact) mass is 385 g/mol. The Morgan fingerprint density at radius 2 is 1.58 bits per heavy atom.